The second-order valence-corrected chi connectivity index (χ2v) is 1.53. The van der Waals surface area contributed by atoms with Crippen LogP contribution in [0.1, 0.15) is 0 Å². The van der Waals surface area contributed by atoms with Crippen LogP contribution in [-0.4, -0.2) is 21.8 Å². The predicted octanol–water partition coefficient (Wildman–Crippen LogP) is -5.32. The molecule has 0 aliphatic rings. The van der Waals surface area contributed by atoms with Crippen molar-refractivity contribution in [2.24, 2.45) is 0 Å². The van der Waals surface area contributed by atoms with E-state index in [4.69, 9.17) is 0 Å². The summed E-state index contributed by atoms with van der Waals surface area (Å²) in [5.74, 6) is 0. The molecule has 0 unspecified atom stereocenters. The minimum absolute atomic E-state index is 0. The molecule has 0 saturated carbocycles. The standard InChI is InChI=1S/CAsF3.2HI/c2-1(3,4)5;;/h;2*1H/p-2. The number of halogens is 5. The van der Waals surface area contributed by atoms with E-state index in [1.54, 1.807) is 0 Å². The summed E-state index contributed by atoms with van der Waals surface area (Å²) in [4.78, 5) is -4.06. The summed E-state index contributed by atoms with van der Waals surface area (Å²) < 4.78 is 31.0. The Morgan fingerprint density at radius 3 is 1.00 bits per heavy atom. The molecule has 0 bridgehead atoms. The average molecular weight is 398 g/mol. The van der Waals surface area contributed by atoms with Crippen molar-refractivity contribution < 1.29 is 61.1 Å². The molecule has 0 rings (SSSR count). The van der Waals surface area contributed by atoms with Gasteiger partial charge in [0.1, 0.15) is 0 Å². The summed E-state index contributed by atoms with van der Waals surface area (Å²) in [7, 11) is 0. The van der Waals surface area contributed by atoms with Gasteiger partial charge < -0.3 is 48.0 Å². The van der Waals surface area contributed by atoms with Crippen LogP contribution < -0.4 is 48.0 Å². The van der Waals surface area contributed by atoms with Crippen molar-refractivity contribution >= 4 is 16.9 Å². The van der Waals surface area contributed by atoms with Crippen LogP contribution in [0.25, 0.3) is 0 Å². The third kappa shape index (κ3) is 80.6. The Bertz CT molecular complexity index is 28.4. The van der Waals surface area contributed by atoms with Gasteiger partial charge in [0.25, 0.3) is 0 Å². The molecule has 0 N–H and O–H groups in total. The minimum Gasteiger partial charge on any atom is -1.00 e. The quantitative estimate of drug-likeness (QED) is 0.283. The zero-order chi connectivity index (χ0) is 4.50. The van der Waals surface area contributed by atoms with Crippen molar-refractivity contribution in [2.75, 3.05) is 0 Å². The van der Waals surface area contributed by atoms with E-state index in [9.17, 15) is 13.2 Å². The second-order valence-electron chi connectivity index (χ2n) is 0.468. The Kier molecular flexibility index (Phi) is 13.5. The molecule has 0 nitrogen and oxygen atoms in total. The molecule has 46 valence electrons. The van der Waals surface area contributed by atoms with E-state index in [0.717, 1.165) is 0 Å². The second kappa shape index (κ2) is 5.94. The van der Waals surface area contributed by atoms with Gasteiger partial charge in [-0.1, -0.05) is 0 Å². The summed E-state index contributed by atoms with van der Waals surface area (Å²) >= 11 is 0.583. The summed E-state index contributed by atoms with van der Waals surface area (Å²) in [6, 6.07) is 0. The van der Waals surface area contributed by atoms with Gasteiger partial charge in [0.05, 0.1) is 0 Å². The van der Waals surface area contributed by atoms with E-state index in [1.165, 1.54) is 0 Å². The van der Waals surface area contributed by atoms with E-state index in [1.807, 2.05) is 0 Å². The van der Waals surface area contributed by atoms with E-state index in [0.29, 0.717) is 16.9 Å². The van der Waals surface area contributed by atoms with E-state index < -0.39 is 4.96 Å². The van der Waals surface area contributed by atoms with Crippen LogP contribution in [0, 0.1) is 0 Å². The van der Waals surface area contributed by atoms with Gasteiger partial charge in [-0.25, -0.2) is 0 Å². The smallest absolute Gasteiger partial charge is 1.00 e. The number of alkyl halides is 3. The van der Waals surface area contributed by atoms with Crippen LogP contribution in [-0.2, 0) is 0 Å². The molecule has 0 saturated heterocycles. The molecule has 7 heavy (non-hydrogen) atoms. The monoisotopic (exact) mass is 398 g/mol. The molecule has 0 heterocycles. The zero-order valence-electron chi connectivity index (χ0n) is 2.84. The van der Waals surface area contributed by atoms with Crippen LogP contribution in [0.5, 0.6) is 0 Å². The van der Waals surface area contributed by atoms with E-state index in [2.05, 4.69) is 0 Å². The summed E-state index contributed by atoms with van der Waals surface area (Å²) in [5, 5.41) is 0. The SMILES string of the molecule is FC(F)(F)[As].[I-].[I-]. The van der Waals surface area contributed by atoms with Crippen LogP contribution in [0.4, 0.5) is 13.2 Å². The molecular formula is CAsF3I2-2. The molecule has 6 heteroatoms. The van der Waals surface area contributed by atoms with Gasteiger partial charge in [-0.3, -0.25) is 0 Å². The topological polar surface area (TPSA) is 0 Å². The molecule has 0 aromatic heterocycles. The van der Waals surface area contributed by atoms with Gasteiger partial charge in [0.2, 0.25) is 0 Å². The van der Waals surface area contributed by atoms with Crippen LogP contribution >= 0.6 is 0 Å². The minimum atomic E-state index is -4.06. The molecule has 0 spiro atoms. The Morgan fingerprint density at radius 2 is 1.00 bits per heavy atom. The first-order valence-electron chi connectivity index (χ1n) is 0.791. The van der Waals surface area contributed by atoms with Gasteiger partial charge in [0, 0.05) is 0 Å². The third-order valence-electron chi connectivity index (χ3n) is 0. The molecule has 0 fully saturated rings. The first-order chi connectivity index (χ1) is 2.00. The number of hydrogen-bond donors (Lipinski definition) is 0. The molecular weight excluding hydrogens is 398 g/mol. The average Bonchev–Trinajstić information content (AvgIpc) is 0.722. The maximum Gasteiger partial charge on any atom is -1.00 e. The van der Waals surface area contributed by atoms with Crippen molar-refractivity contribution in [1.82, 2.24) is 0 Å². The van der Waals surface area contributed by atoms with Gasteiger partial charge >= 0.3 is 35.0 Å². The predicted molar refractivity (Wildman–Crippen MR) is 11.8 cm³/mol. The number of hydrogen-bond acceptors (Lipinski definition) is 0. The summed E-state index contributed by atoms with van der Waals surface area (Å²) in [6.45, 7) is 0. The van der Waals surface area contributed by atoms with Crippen LogP contribution in [0.15, 0.2) is 0 Å². The fourth-order valence-corrected chi connectivity index (χ4v) is 0. The van der Waals surface area contributed by atoms with E-state index >= 15 is 0 Å². The summed E-state index contributed by atoms with van der Waals surface area (Å²) in [6.07, 6.45) is 0. The van der Waals surface area contributed by atoms with Gasteiger partial charge in [-0.2, -0.15) is 0 Å². The normalized spacial score (nSPS) is 8.57. The van der Waals surface area contributed by atoms with Gasteiger partial charge in [-0.05, 0) is 0 Å². The Balaban J connectivity index is -0.0000000800. The van der Waals surface area contributed by atoms with Crippen molar-refractivity contribution in [3.8, 4) is 0 Å². The van der Waals surface area contributed by atoms with Crippen LogP contribution in [0.2, 0.25) is 0 Å². The maximum absolute atomic E-state index is 10.3. The molecule has 2 radical (unpaired) electrons. The van der Waals surface area contributed by atoms with E-state index in [-0.39, 0.29) is 48.0 Å². The largest absolute Gasteiger partial charge is 1.00 e. The molecule has 0 aliphatic heterocycles. The van der Waals surface area contributed by atoms with Crippen molar-refractivity contribution in [3.63, 3.8) is 0 Å². The van der Waals surface area contributed by atoms with Gasteiger partial charge in [0.15, 0.2) is 0 Å². The molecule has 0 aliphatic carbocycles. The Labute approximate surface area is 82.1 Å². The summed E-state index contributed by atoms with van der Waals surface area (Å²) in [5.41, 5.74) is 0. The number of rotatable bonds is 0. The first kappa shape index (κ1) is 15.9. The maximum atomic E-state index is 10.3. The molecule has 0 aromatic carbocycles. The Morgan fingerprint density at radius 1 is 1.00 bits per heavy atom. The Hall–Kier alpha value is 1.81. The van der Waals surface area contributed by atoms with Crippen molar-refractivity contribution in [3.05, 3.63) is 0 Å². The third-order valence-corrected chi connectivity index (χ3v) is 0. The molecule has 0 amide bonds. The molecule has 0 atom stereocenters. The van der Waals surface area contributed by atoms with Crippen molar-refractivity contribution in [1.29, 1.82) is 0 Å². The van der Waals surface area contributed by atoms with Crippen LogP contribution in [0.3, 0.4) is 0 Å². The molecule has 0 aromatic rings. The fraction of sp³-hybridized carbons (Fsp3) is 1.00. The van der Waals surface area contributed by atoms with Crippen molar-refractivity contribution in [2.45, 2.75) is 4.96 Å². The fourth-order valence-electron chi connectivity index (χ4n) is 0. The first-order valence-corrected chi connectivity index (χ1v) is 1.73. The van der Waals surface area contributed by atoms with Gasteiger partial charge in [-0.15, -0.1) is 0 Å². The zero-order valence-corrected chi connectivity index (χ0v) is 9.03.